The van der Waals surface area contributed by atoms with Crippen LogP contribution in [0.1, 0.15) is 30.2 Å². The Morgan fingerprint density at radius 1 is 1.03 bits per heavy atom. The summed E-state index contributed by atoms with van der Waals surface area (Å²) < 4.78 is 29.8. The third-order valence-corrected chi connectivity index (χ3v) is 6.26. The minimum absolute atomic E-state index is 0.190. The van der Waals surface area contributed by atoms with Crippen molar-refractivity contribution >= 4 is 27.4 Å². The minimum atomic E-state index is -3.66. The number of hydrogen-bond acceptors (Lipinski definition) is 4. The van der Waals surface area contributed by atoms with Crippen molar-refractivity contribution in [3.63, 3.8) is 0 Å². The summed E-state index contributed by atoms with van der Waals surface area (Å²) in [5.41, 5.74) is 4.28. The number of aryl methyl sites for hydroxylation is 3. The van der Waals surface area contributed by atoms with Gasteiger partial charge in [-0.1, -0.05) is 6.07 Å². The van der Waals surface area contributed by atoms with Crippen LogP contribution in [-0.4, -0.2) is 24.1 Å². The Balaban J connectivity index is 1.56. The van der Waals surface area contributed by atoms with Crippen LogP contribution in [0.2, 0.25) is 0 Å². The predicted molar refractivity (Wildman–Crippen MR) is 112 cm³/mol. The van der Waals surface area contributed by atoms with Crippen molar-refractivity contribution in [1.29, 1.82) is 0 Å². The topological polar surface area (TPSA) is 93.1 Å². The molecule has 7 nitrogen and oxygen atoms in total. The van der Waals surface area contributed by atoms with E-state index >= 15 is 0 Å². The molecule has 1 amide bonds. The van der Waals surface area contributed by atoms with E-state index in [1.54, 1.807) is 47.1 Å². The van der Waals surface area contributed by atoms with Crippen molar-refractivity contribution in [3.05, 3.63) is 65.4 Å². The van der Waals surface area contributed by atoms with Crippen LogP contribution in [0.15, 0.2) is 53.4 Å². The summed E-state index contributed by atoms with van der Waals surface area (Å²) in [5, 5.41) is 7.12. The van der Waals surface area contributed by atoms with Crippen molar-refractivity contribution < 1.29 is 13.2 Å². The highest BCUT2D eigenvalue weighted by molar-refractivity contribution is 7.92. The van der Waals surface area contributed by atoms with Crippen molar-refractivity contribution in [2.45, 2.75) is 38.0 Å². The molecule has 0 bridgehead atoms. The van der Waals surface area contributed by atoms with E-state index in [4.69, 9.17) is 0 Å². The lowest BCUT2D eigenvalue weighted by atomic mass is 10.1. The van der Waals surface area contributed by atoms with Crippen LogP contribution >= 0.6 is 0 Å². The highest BCUT2D eigenvalue weighted by Gasteiger charge is 2.19. The van der Waals surface area contributed by atoms with Crippen molar-refractivity contribution in [3.8, 4) is 5.69 Å². The van der Waals surface area contributed by atoms with Gasteiger partial charge >= 0.3 is 0 Å². The molecule has 0 atom stereocenters. The number of carbonyl (C=O) groups excluding carboxylic acids is 1. The van der Waals surface area contributed by atoms with E-state index in [1.807, 2.05) is 13.0 Å². The molecular weight excluding hydrogens is 388 g/mol. The number of rotatable bonds is 5. The van der Waals surface area contributed by atoms with E-state index in [-0.39, 0.29) is 10.8 Å². The summed E-state index contributed by atoms with van der Waals surface area (Å²) in [6, 6.07) is 14.0. The summed E-state index contributed by atoms with van der Waals surface area (Å²) in [7, 11) is -3.66. The van der Waals surface area contributed by atoms with Crippen LogP contribution in [0, 0.1) is 6.92 Å². The molecule has 29 heavy (non-hydrogen) atoms. The average Bonchev–Trinajstić information content (AvgIpc) is 3.27. The molecule has 0 fully saturated rings. The van der Waals surface area contributed by atoms with Gasteiger partial charge in [0, 0.05) is 18.7 Å². The lowest BCUT2D eigenvalue weighted by Crippen LogP contribution is -2.13. The molecule has 0 unspecified atom stereocenters. The maximum absolute atomic E-state index is 12.8. The molecule has 0 radical (unpaired) electrons. The molecule has 1 aliphatic carbocycles. The quantitative estimate of drug-likeness (QED) is 0.674. The Morgan fingerprint density at radius 2 is 1.76 bits per heavy atom. The molecule has 0 saturated carbocycles. The van der Waals surface area contributed by atoms with E-state index in [0.29, 0.717) is 17.2 Å². The van der Waals surface area contributed by atoms with Crippen LogP contribution in [0.5, 0.6) is 0 Å². The van der Waals surface area contributed by atoms with Gasteiger partial charge in [0.15, 0.2) is 0 Å². The van der Waals surface area contributed by atoms with E-state index < -0.39 is 10.0 Å². The molecule has 0 saturated heterocycles. The largest absolute Gasteiger partial charge is 0.311 e. The van der Waals surface area contributed by atoms with Crippen LogP contribution in [0.4, 0.5) is 11.5 Å². The zero-order valence-electron chi connectivity index (χ0n) is 16.3. The van der Waals surface area contributed by atoms with Crippen LogP contribution in [0.25, 0.3) is 5.69 Å². The maximum atomic E-state index is 12.8. The second-order valence-corrected chi connectivity index (χ2v) is 8.88. The number of nitrogens with one attached hydrogen (secondary N) is 2. The molecule has 3 aromatic rings. The first-order valence-corrected chi connectivity index (χ1v) is 10.9. The van der Waals surface area contributed by atoms with Gasteiger partial charge in [-0.05, 0) is 73.7 Å². The Kier molecular flexibility index (Phi) is 4.87. The molecule has 0 aliphatic heterocycles. The molecule has 2 aromatic carbocycles. The number of nitrogens with zero attached hydrogens (tertiary/aromatic N) is 2. The number of fused-ring (bicyclic) bond motifs is 1. The molecule has 8 heteroatoms. The zero-order valence-corrected chi connectivity index (χ0v) is 17.1. The third-order valence-electron chi connectivity index (χ3n) is 4.88. The fourth-order valence-electron chi connectivity index (χ4n) is 3.57. The molecule has 1 heterocycles. The van der Waals surface area contributed by atoms with Gasteiger partial charge in [-0.15, -0.1) is 0 Å². The number of carbonyl (C=O) groups is 1. The first kappa shape index (κ1) is 19.2. The van der Waals surface area contributed by atoms with Gasteiger partial charge in [0.2, 0.25) is 5.91 Å². The monoisotopic (exact) mass is 410 g/mol. The van der Waals surface area contributed by atoms with E-state index in [1.165, 1.54) is 12.5 Å². The lowest BCUT2D eigenvalue weighted by molar-refractivity contribution is -0.114. The Hall–Kier alpha value is -3.13. The molecule has 1 aliphatic rings. The Morgan fingerprint density at radius 3 is 2.48 bits per heavy atom. The molecule has 4 rings (SSSR count). The van der Waals surface area contributed by atoms with Gasteiger partial charge < -0.3 is 5.32 Å². The van der Waals surface area contributed by atoms with E-state index in [0.717, 1.165) is 30.5 Å². The zero-order chi connectivity index (χ0) is 20.6. The molecule has 0 spiro atoms. The van der Waals surface area contributed by atoms with Gasteiger partial charge in [-0.25, -0.2) is 13.1 Å². The smallest absolute Gasteiger partial charge is 0.261 e. The summed E-state index contributed by atoms with van der Waals surface area (Å²) in [6.07, 6.45) is 3.01. The second kappa shape index (κ2) is 7.36. The summed E-state index contributed by atoms with van der Waals surface area (Å²) in [5.74, 6) is 0.367. The summed E-state index contributed by atoms with van der Waals surface area (Å²) in [4.78, 5) is 11.7. The van der Waals surface area contributed by atoms with E-state index in [2.05, 4.69) is 15.1 Å². The standard InChI is InChI=1S/C21H22N4O3S/c1-14-12-21(22-15(2)26)25(23-14)19-9-7-18(8-10-19)24-29(27,28)20-11-6-16-4-3-5-17(16)13-20/h6-13,24H,3-5H2,1-2H3,(H,22,26). The van der Waals surface area contributed by atoms with Gasteiger partial charge in [0.1, 0.15) is 5.82 Å². The first-order valence-electron chi connectivity index (χ1n) is 9.41. The number of anilines is 2. The maximum Gasteiger partial charge on any atom is 0.261 e. The van der Waals surface area contributed by atoms with E-state index in [9.17, 15) is 13.2 Å². The second-order valence-electron chi connectivity index (χ2n) is 7.20. The SMILES string of the molecule is CC(=O)Nc1cc(C)nn1-c1ccc(NS(=O)(=O)c2ccc3c(c2)CCC3)cc1. The third kappa shape index (κ3) is 4.02. The number of amides is 1. The molecule has 2 N–H and O–H groups in total. The van der Waals surface area contributed by atoms with Crippen molar-refractivity contribution in [2.24, 2.45) is 0 Å². The van der Waals surface area contributed by atoms with Crippen LogP contribution in [0.3, 0.4) is 0 Å². The fraction of sp³-hybridized carbons (Fsp3) is 0.238. The number of aromatic nitrogens is 2. The highest BCUT2D eigenvalue weighted by Crippen LogP contribution is 2.26. The van der Waals surface area contributed by atoms with Crippen molar-refractivity contribution in [1.82, 2.24) is 9.78 Å². The van der Waals surface area contributed by atoms with Crippen LogP contribution in [-0.2, 0) is 27.7 Å². The van der Waals surface area contributed by atoms with Gasteiger partial charge in [-0.3, -0.25) is 9.52 Å². The van der Waals surface area contributed by atoms with Gasteiger partial charge in [0.05, 0.1) is 16.3 Å². The fourth-order valence-corrected chi connectivity index (χ4v) is 4.67. The summed E-state index contributed by atoms with van der Waals surface area (Å²) >= 11 is 0. The Bertz CT molecular complexity index is 1180. The normalized spacial score (nSPS) is 13.2. The Labute approximate surface area is 169 Å². The molecule has 150 valence electrons. The number of hydrogen-bond donors (Lipinski definition) is 2. The first-order chi connectivity index (χ1) is 13.8. The van der Waals surface area contributed by atoms with Crippen LogP contribution < -0.4 is 10.0 Å². The molecule has 1 aromatic heterocycles. The van der Waals surface area contributed by atoms with Gasteiger partial charge in [0.25, 0.3) is 10.0 Å². The summed E-state index contributed by atoms with van der Waals surface area (Å²) in [6.45, 7) is 3.27. The van der Waals surface area contributed by atoms with Gasteiger partial charge in [-0.2, -0.15) is 5.10 Å². The van der Waals surface area contributed by atoms with Crippen molar-refractivity contribution in [2.75, 3.05) is 10.0 Å². The molecular formula is C21H22N4O3S. The predicted octanol–water partition coefficient (Wildman–Crippen LogP) is 3.43. The lowest BCUT2D eigenvalue weighted by Gasteiger charge is -2.11. The number of sulfonamides is 1. The average molecular weight is 410 g/mol. The highest BCUT2D eigenvalue weighted by atomic mass is 32.2. The number of benzene rings is 2. The minimum Gasteiger partial charge on any atom is -0.311 e.